The topological polar surface area (TPSA) is 79.6 Å². The Morgan fingerprint density at radius 2 is 2.26 bits per heavy atom. The Hall–Kier alpha value is -2.21. The van der Waals surface area contributed by atoms with Crippen LogP contribution in [0.3, 0.4) is 0 Å². The lowest BCUT2D eigenvalue weighted by Gasteiger charge is -2.03. The molecular weight excluding hydrogens is 242 g/mol. The number of tetrazole rings is 1. The van der Waals surface area contributed by atoms with Crippen LogP contribution in [0.4, 0.5) is 0 Å². The van der Waals surface area contributed by atoms with Crippen molar-refractivity contribution in [2.45, 2.75) is 19.9 Å². The Morgan fingerprint density at radius 1 is 1.37 bits per heavy atom. The number of aliphatic hydroxyl groups is 1. The number of nitrogens with one attached hydrogen (secondary N) is 1. The summed E-state index contributed by atoms with van der Waals surface area (Å²) in [4.78, 5) is 3.21. The molecule has 3 rings (SSSR count). The van der Waals surface area contributed by atoms with Crippen molar-refractivity contribution in [3.63, 3.8) is 0 Å². The van der Waals surface area contributed by atoms with Crippen molar-refractivity contribution >= 4 is 10.9 Å². The van der Waals surface area contributed by atoms with Crippen molar-refractivity contribution in [2.24, 2.45) is 0 Å². The van der Waals surface area contributed by atoms with Crippen LogP contribution < -0.4 is 0 Å². The lowest BCUT2D eigenvalue weighted by atomic mass is 10.1. The minimum absolute atomic E-state index is 0.156. The Bertz CT molecular complexity index is 700. The maximum atomic E-state index is 9.07. The van der Waals surface area contributed by atoms with E-state index in [2.05, 4.69) is 32.6 Å². The molecule has 0 fully saturated rings. The van der Waals surface area contributed by atoms with Crippen molar-refractivity contribution in [1.29, 1.82) is 0 Å². The number of H-pyrrole nitrogens is 1. The van der Waals surface area contributed by atoms with Gasteiger partial charge in [-0.15, -0.1) is 5.10 Å². The largest absolute Gasteiger partial charge is 0.396 e. The summed E-state index contributed by atoms with van der Waals surface area (Å²) in [6.45, 7) is 2.69. The van der Waals surface area contributed by atoms with Crippen molar-refractivity contribution in [3.05, 3.63) is 41.3 Å². The number of hydrogen-bond donors (Lipinski definition) is 2. The number of benzene rings is 1. The second kappa shape index (κ2) is 4.81. The molecule has 0 aliphatic rings. The molecule has 0 amide bonds. The standard InChI is InChI=1S/C13H15N5O/c1-9-15-16-17-18(9)8-10-2-3-13-12(6-10)11(4-5-19)7-14-13/h2-3,6-7,14,19H,4-5,8H2,1H3. The highest BCUT2D eigenvalue weighted by atomic mass is 16.2. The number of rotatable bonds is 4. The highest BCUT2D eigenvalue weighted by Gasteiger charge is 2.06. The summed E-state index contributed by atoms with van der Waals surface area (Å²) < 4.78 is 1.76. The van der Waals surface area contributed by atoms with Gasteiger partial charge in [0.15, 0.2) is 0 Å². The third-order valence-corrected chi connectivity index (χ3v) is 3.26. The van der Waals surface area contributed by atoms with Gasteiger partial charge in [0.25, 0.3) is 0 Å². The molecule has 98 valence electrons. The van der Waals surface area contributed by atoms with E-state index in [0.717, 1.165) is 27.9 Å². The molecule has 0 radical (unpaired) electrons. The van der Waals surface area contributed by atoms with Gasteiger partial charge in [0.05, 0.1) is 6.54 Å². The van der Waals surface area contributed by atoms with E-state index >= 15 is 0 Å². The van der Waals surface area contributed by atoms with Gasteiger partial charge in [-0.1, -0.05) is 6.07 Å². The highest BCUT2D eigenvalue weighted by molar-refractivity contribution is 5.83. The van der Waals surface area contributed by atoms with E-state index in [1.54, 1.807) is 4.68 Å². The quantitative estimate of drug-likeness (QED) is 0.732. The molecule has 2 N–H and O–H groups in total. The zero-order valence-electron chi connectivity index (χ0n) is 10.7. The predicted molar refractivity (Wildman–Crippen MR) is 70.7 cm³/mol. The molecule has 0 spiro atoms. The molecule has 0 saturated carbocycles. The first-order valence-corrected chi connectivity index (χ1v) is 6.20. The molecule has 1 aromatic carbocycles. The Labute approximate surface area is 110 Å². The van der Waals surface area contributed by atoms with Gasteiger partial charge in [-0.25, -0.2) is 4.68 Å². The Kier molecular flexibility index (Phi) is 3.00. The molecular formula is C13H15N5O. The maximum Gasteiger partial charge on any atom is 0.148 e. The monoisotopic (exact) mass is 257 g/mol. The summed E-state index contributed by atoms with van der Waals surface area (Å²) >= 11 is 0. The SMILES string of the molecule is Cc1nnnn1Cc1ccc2[nH]cc(CCO)c2c1. The zero-order valence-corrected chi connectivity index (χ0v) is 10.7. The number of aliphatic hydroxyl groups excluding tert-OH is 1. The average Bonchev–Trinajstić information content (AvgIpc) is 2.98. The number of aromatic nitrogens is 5. The minimum atomic E-state index is 0.156. The Balaban J connectivity index is 1.96. The molecule has 6 nitrogen and oxygen atoms in total. The van der Waals surface area contributed by atoms with Crippen molar-refractivity contribution < 1.29 is 5.11 Å². The van der Waals surface area contributed by atoms with Gasteiger partial charge >= 0.3 is 0 Å². The van der Waals surface area contributed by atoms with Gasteiger partial charge < -0.3 is 10.1 Å². The van der Waals surface area contributed by atoms with E-state index < -0.39 is 0 Å². The van der Waals surface area contributed by atoms with E-state index in [4.69, 9.17) is 5.11 Å². The molecule has 2 aromatic heterocycles. The number of fused-ring (bicyclic) bond motifs is 1. The third kappa shape index (κ3) is 2.22. The number of nitrogens with zero attached hydrogens (tertiary/aromatic N) is 4. The van der Waals surface area contributed by atoms with Gasteiger partial charge in [0.1, 0.15) is 5.82 Å². The number of hydrogen-bond acceptors (Lipinski definition) is 4. The van der Waals surface area contributed by atoms with Crippen LogP contribution in [0.1, 0.15) is 17.0 Å². The molecule has 2 heterocycles. The van der Waals surface area contributed by atoms with Crippen LogP contribution in [-0.2, 0) is 13.0 Å². The summed E-state index contributed by atoms with van der Waals surface area (Å²) in [6, 6.07) is 6.23. The van der Waals surface area contributed by atoms with Crippen molar-refractivity contribution in [1.82, 2.24) is 25.2 Å². The molecule has 0 aliphatic carbocycles. The van der Waals surface area contributed by atoms with Crippen LogP contribution in [0.25, 0.3) is 10.9 Å². The summed E-state index contributed by atoms with van der Waals surface area (Å²) in [5.41, 5.74) is 3.36. The summed E-state index contributed by atoms with van der Waals surface area (Å²) in [5.74, 6) is 0.796. The Morgan fingerprint density at radius 3 is 3.00 bits per heavy atom. The first kappa shape index (κ1) is 11.9. The van der Waals surface area contributed by atoms with E-state index in [1.165, 1.54) is 0 Å². The van der Waals surface area contributed by atoms with Crippen LogP contribution in [0, 0.1) is 6.92 Å². The van der Waals surface area contributed by atoms with Crippen LogP contribution >= 0.6 is 0 Å². The predicted octanol–water partition coefficient (Wildman–Crippen LogP) is 1.05. The lowest BCUT2D eigenvalue weighted by molar-refractivity contribution is 0.300. The van der Waals surface area contributed by atoms with Gasteiger partial charge in [-0.2, -0.15) is 0 Å². The van der Waals surface area contributed by atoms with Gasteiger partial charge in [-0.05, 0) is 47.0 Å². The average molecular weight is 257 g/mol. The summed E-state index contributed by atoms with van der Waals surface area (Å²) in [7, 11) is 0. The van der Waals surface area contributed by atoms with Gasteiger partial charge in [-0.3, -0.25) is 0 Å². The molecule has 3 aromatic rings. The molecule has 19 heavy (non-hydrogen) atoms. The van der Waals surface area contributed by atoms with E-state index in [9.17, 15) is 0 Å². The van der Waals surface area contributed by atoms with E-state index in [1.807, 2.05) is 19.2 Å². The minimum Gasteiger partial charge on any atom is -0.396 e. The van der Waals surface area contributed by atoms with E-state index in [0.29, 0.717) is 13.0 Å². The smallest absolute Gasteiger partial charge is 0.148 e. The van der Waals surface area contributed by atoms with Crippen LogP contribution in [-0.4, -0.2) is 36.9 Å². The van der Waals surface area contributed by atoms with Gasteiger partial charge in [0.2, 0.25) is 0 Å². The van der Waals surface area contributed by atoms with Crippen LogP contribution in [0.5, 0.6) is 0 Å². The fraction of sp³-hybridized carbons (Fsp3) is 0.308. The van der Waals surface area contributed by atoms with Crippen LogP contribution in [0.15, 0.2) is 24.4 Å². The second-order valence-corrected chi connectivity index (χ2v) is 4.55. The molecule has 0 atom stereocenters. The number of aryl methyl sites for hydroxylation is 1. The van der Waals surface area contributed by atoms with Crippen LogP contribution in [0.2, 0.25) is 0 Å². The molecule has 0 aliphatic heterocycles. The molecule has 0 unspecified atom stereocenters. The van der Waals surface area contributed by atoms with Crippen molar-refractivity contribution in [3.8, 4) is 0 Å². The third-order valence-electron chi connectivity index (χ3n) is 3.26. The summed E-state index contributed by atoms with van der Waals surface area (Å²) in [5, 5.41) is 21.7. The molecule has 0 bridgehead atoms. The van der Waals surface area contributed by atoms with E-state index in [-0.39, 0.29) is 6.61 Å². The highest BCUT2D eigenvalue weighted by Crippen LogP contribution is 2.20. The van der Waals surface area contributed by atoms with Crippen molar-refractivity contribution in [2.75, 3.05) is 6.61 Å². The molecule has 0 saturated heterocycles. The first-order chi connectivity index (χ1) is 9.28. The fourth-order valence-corrected chi connectivity index (χ4v) is 2.22. The summed E-state index contributed by atoms with van der Waals surface area (Å²) in [6.07, 6.45) is 2.61. The maximum absolute atomic E-state index is 9.07. The number of aromatic amines is 1. The lowest BCUT2D eigenvalue weighted by Crippen LogP contribution is -2.04. The zero-order chi connectivity index (χ0) is 13.2. The first-order valence-electron chi connectivity index (χ1n) is 6.20. The second-order valence-electron chi connectivity index (χ2n) is 4.55. The fourth-order valence-electron chi connectivity index (χ4n) is 2.22. The molecule has 6 heteroatoms. The van der Waals surface area contributed by atoms with Gasteiger partial charge in [0, 0.05) is 23.7 Å². The normalized spacial score (nSPS) is 11.3.